The number of rotatable bonds is 5. The number of halogens is 2. The monoisotopic (exact) mass is 443 g/mol. The van der Waals surface area contributed by atoms with Gasteiger partial charge in [0.15, 0.2) is 0 Å². The number of carbonyl (C=O) groups is 1. The van der Waals surface area contributed by atoms with Crippen molar-refractivity contribution in [2.75, 3.05) is 7.05 Å². The van der Waals surface area contributed by atoms with Gasteiger partial charge in [0.2, 0.25) is 0 Å². The van der Waals surface area contributed by atoms with E-state index in [1.165, 1.54) is 4.90 Å². The summed E-state index contributed by atoms with van der Waals surface area (Å²) in [5.41, 5.74) is 3.36. The van der Waals surface area contributed by atoms with Crippen LogP contribution in [0.1, 0.15) is 22.7 Å². The average molecular weight is 443 g/mol. The maximum absolute atomic E-state index is 13.8. The maximum atomic E-state index is 13.8. The summed E-state index contributed by atoms with van der Waals surface area (Å²) in [6, 6.07) is 19.4. The van der Waals surface area contributed by atoms with Gasteiger partial charge >= 0.3 is 6.55 Å². The molecular weight excluding hydrogens is 424 g/mol. The molecule has 1 amide bonds. The van der Waals surface area contributed by atoms with E-state index in [9.17, 15) is 13.6 Å². The zero-order chi connectivity index (χ0) is 22.9. The second-order valence-corrected chi connectivity index (χ2v) is 7.63. The molecule has 5 aromatic rings. The predicted octanol–water partition coefficient (Wildman–Crippen LogP) is 5.31. The molecule has 3 heterocycles. The molecule has 164 valence electrons. The van der Waals surface area contributed by atoms with Gasteiger partial charge < -0.3 is 4.90 Å². The molecule has 5 rings (SSSR count). The number of hydrogen-bond donors (Lipinski definition) is 0. The van der Waals surface area contributed by atoms with Gasteiger partial charge in [0.1, 0.15) is 5.82 Å². The highest BCUT2D eigenvalue weighted by Crippen LogP contribution is 2.27. The molecule has 0 radical (unpaired) electrons. The van der Waals surface area contributed by atoms with E-state index in [1.807, 2.05) is 36.4 Å². The lowest BCUT2D eigenvalue weighted by atomic mass is 10.0. The summed E-state index contributed by atoms with van der Waals surface area (Å²) >= 11 is 0. The first-order valence-electron chi connectivity index (χ1n) is 10.3. The Balaban J connectivity index is 1.55. The number of nitrogens with zero attached hydrogens (tertiary/aromatic N) is 5. The van der Waals surface area contributed by atoms with Crippen LogP contribution in [0.15, 0.2) is 79.1 Å². The lowest BCUT2D eigenvalue weighted by Crippen LogP contribution is -2.28. The number of carbonyl (C=O) groups excluding carboxylic acids is 1. The van der Waals surface area contributed by atoms with Crippen molar-refractivity contribution < 1.29 is 13.6 Å². The van der Waals surface area contributed by atoms with Crippen molar-refractivity contribution in [1.29, 1.82) is 0 Å². The van der Waals surface area contributed by atoms with Crippen LogP contribution in [0.2, 0.25) is 0 Å². The lowest BCUT2D eigenvalue weighted by molar-refractivity contribution is 0.0647. The van der Waals surface area contributed by atoms with Gasteiger partial charge in [-0.15, -0.1) is 0 Å². The van der Waals surface area contributed by atoms with E-state index in [1.54, 1.807) is 49.8 Å². The summed E-state index contributed by atoms with van der Waals surface area (Å²) in [4.78, 5) is 28.0. The fourth-order valence-electron chi connectivity index (χ4n) is 3.94. The van der Waals surface area contributed by atoms with Crippen molar-refractivity contribution in [2.45, 2.75) is 13.1 Å². The van der Waals surface area contributed by atoms with Crippen LogP contribution in [0.5, 0.6) is 0 Å². The maximum Gasteiger partial charge on any atom is 0.320 e. The van der Waals surface area contributed by atoms with Crippen LogP contribution in [-0.4, -0.2) is 37.4 Å². The van der Waals surface area contributed by atoms with E-state index in [2.05, 4.69) is 15.0 Å². The van der Waals surface area contributed by atoms with Gasteiger partial charge in [0, 0.05) is 30.4 Å². The highest BCUT2D eigenvalue weighted by atomic mass is 19.3. The van der Waals surface area contributed by atoms with E-state index in [4.69, 9.17) is 0 Å². The van der Waals surface area contributed by atoms with Crippen molar-refractivity contribution in [3.63, 3.8) is 0 Å². The Morgan fingerprint density at radius 2 is 1.67 bits per heavy atom. The molecule has 0 aliphatic heterocycles. The minimum absolute atomic E-state index is 0.0703. The van der Waals surface area contributed by atoms with E-state index >= 15 is 0 Å². The summed E-state index contributed by atoms with van der Waals surface area (Å²) in [6.07, 6.45) is 3.32. The fourth-order valence-corrected chi connectivity index (χ4v) is 3.94. The lowest BCUT2D eigenvalue weighted by Gasteiger charge is -2.19. The zero-order valence-electron chi connectivity index (χ0n) is 17.7. The van der Waals surface area contributed by atoms with Gasteiger partial charge in [-0.05, 0) is 36.4 Å². The normalized spacial score (nSPS) is 11.4. The summed E-state index contributed by atoms with van der Waals surface area (Å²) in [5.74, 6) is -0.188. The number of benzene rings is 2. The van der Waals surface area contributed by atoms with Crippen LogP contribution in [0, 0.1) is 0 Å². The quantitative estimate of drug-likeness (QED) is 0.369. The Morgan fingerprint density at radius 3 is 2.42 bits per heavy atom. The number of fused-ring (bicyclic) bond motifs is 2. The first-order chi connectivity index (χ1) is 16.0. The summed E-state index contributed by atoms with van der Waals surface area (Å²) in [6.45, 7) is -2.84. The van der Waals surface area contributed by atoms with Crippen LogP contribution in [0.3, 0.4) is 0 Å². The van der Waals surface area contributed by atoms with E-state index in [0.717, 1.165) is 10.1 Å². The van der Waals surface area contributed by atoms with E-state index in [-0.39, 0.29) is 18.3 Å². The summed E-state index contributed by atoms with van der Waals surface area (Å²) in [7, 11) is 1.58. The van der Waals surface area contributed by atoms with Gasteiger partial charge in [0.05, 0.1) is 34.4 Å². The highest BCUT2D eigenvalue weighted by molar-refractivity contribution is 6.07. The second-order valence-electron chi connectivity index (χ2n) is 7.63. The van der Waals surface area contributed by atoms with Gasteiger partial charge in [0.25, 0.3) is 5.91 Å². The molecular formula is C25H19F2N5O. The van der Waals surface area contributed by atoms with Crippen molar-refractivity contribution in [3.05, 3.63) is 90.5 Å². The SMILES string of the molecule is CN(Cc1nc2ccccc2n1C(F)F)C(=O)c1cc(-c2ccncc2)nc2ccccc12. The van der Waals surface area contributed by atoms with Crippen LogP contribution in [0.25, 0.3) is 33.2 Å². The molecule has 0 saturated heterocycles. The molecule has 3 aromatic heterocycles. The number of imidazole rings is 1. The minimum Gasteiger partial charge on any atom is -0.334 e. The molecule has 0 spiro atoms. The molecule has 0 aliphatic rings. The molecule has 0 N–H and O–H groups in total. The number of para-hydroxylation sites is 3. The third-order valence-corrected chi connectivity index (χ3v) is 5.51. The third kappa shape index (κ3) is 3.80. The second kappa shape index (κ2) is 8.38. The Kier molecular flexibility index (Phi) is 5.26. The fraction of sp³-hybridized carbons (Fsp3) is 0.120. The molecule has 2 aromatic carbocycles. The van der Waals surface area contributed by atoms with Crippen molar-refractivity contribution in [3.8, 4) is 11.3 Å². The number of amides is 1. The molecule has 33 heavy (non-hydrogen) atoms. The van der Waals surface area contributed by atoms with Gasteiger partial charge in [-0.25, -0.2) is 9.97 Å². The van der Waals surface area contributed by atoms with Crippen LogP contribution in [-0.2, 0) is 6.54 Å². The average Bonchev–Trinajstić information content (AvgIpc) is 3.21. The van der Waals surface area contributed by atoms with Gasteiger partial charge in [-0.3, -0.25) is 14.3 Å². The Labute approximate surface area is 188 Å². The largest absolute Gasteiger partial charge is 0.334 e. The van der Waals surface area contributed by atoms with Gasteiger partial charge in [-0.1, -0.05) is 30.3 Å². The molecule has 8 heteroatoms. The molecule has 0 atom stereocenters. The van der Waals surface area contributed by atoms with Crippen molar-refractivity contribution in [2.24, 2.45) is 0 Å². The molecule has 0 fully saturated rings. The van der Waals surface area contributed by atoms with Gasteiger partial charge in [-0.2, -0.15) is 8.78 Å². The molecule has 0 bridgehead atoms. The van der Waals surface area contributed by atoms with Crippen molar-refractivity contribution in [1.82, 2.24) is 24.4 Å². The number of hydrogen-bond acceptors (Lipinski definition) is 4. The van der Waals surface area contributed by atoms with E-state index in [0.29, 0.717) is 33.2 Å². The highest BCUT2D eigenvalue weighted by Gasteiger charge is 2.22. The summed E-state index contributed by atoms with van der Waals surface area (Å²) < 4.78 is 28.5. The van der Waals surface area contributed by atoms with Crippen LogP contribution < -0.4 is 0 Å². The smallest absolute Gasteiger partial charge is 0.320 e. The number of pyridine rings is 2. The first kappa shape index (κ1) is 20.7. The molecule has 6 nitrogen and oxygen atoms in total. The third-order valence-electron chi connectivity index (χ3n) is 5.51. The Morgan fingerprint density at radius 1 is 0.970 bits per heavy atom. The topological polar surface area (TPSA) is 63.9 Å². The first-order valence-corrected chi connectivity index (χ1v) is 10.3. The Bertz CT molecular complexity index is 1470. The van der Waals surface area contributed by atoms with E-state index < -0.39 is 6.55 Å². The summed E-state index contributed by atoms with van der Waals surface area (Å²) in [5, 5.41) is 0.689. The Hall–Kier alpha value is -4.20. The minimum atomic E-state index is -2.77. The predicted molar refractivity (Wildman–Crippen MR) is 122 cm³/mol. The zero-order valence-corrected chi connectivity index (χ0v) is 17.7. The van der Waals surface area contributed by atoms with Crippen LogP contribution >= 0.6 is 0 Å². The van der Waals surface area contributed by atoms with Crippen molar-refractivity contribution >= 4 is 27.8 Å². The van der Waals surface area contributed by atoms with Crippen LogP contribution in [0.4, 0.5) is 8.78 Å². The standard InChI is InChI=1S/C25H19F2N5O/c1-31(15-23-30-20-8-4-5-9-22(20)32(23)25(26)27)24(33)18-14-21(16-10-12-28-13-11-16)29-19-7-3-2-6-17(18)19/h2-14,25H,15H2,1H3. The number of aromatic nitrogens is 4. The number of alkyl halides is 2. The molecule has 0 aliphatic carbocycles. The molecule has 0 unspecified atom stereocenters. The molecule has 0 saturated carbocycles.